The molecule has 4 nitrogen and oxygen atoms in total. The summed E-state index contributed by atoms with van der Waals surface area (Å²) in [5.74, 6) is 0. The lowest BCUT2D eigenvalue weighted by molar-refractivity contribution is 0.767. The number of aryl methyl sites for hydroxylation is 1. The molecular weight excluding hydrogens is 188 g/mol. The lowest BCUT2D eigenvalue weighted by atomic mass is 10.2. The summed E-state index contributed by atoms with van der Waals surface area (Å²) in [7, 11) is 1.90. The van der Waals surface area contributed by atoms with Gasteiger partial charge in [-0.25, -0.2) is 0 Å². The molecule has 0 radical (unpaired) electrons. The van der Waals surface area contributed by atoms with Crippen molar-refractivity contribution in [3.05, 3.63) is 42.2 Å². The van der Waals surface area contributed by atoms with Gasteiger partial charge in [-0.15, -0.1) is 0 Å². The van der Waals surface area contributed by atoms with Crippen molar-refractivity contribution in [1.29, 1.82) is 0 Å². The molecule has 0 amide bonds. The van der Waals surface area contributed by atoms with E-state index in [4.69, 9.17) is 5.73 Å². The second-order valence-electron chi connectivity index (χ2n) is 3.46. The minimum absolute atomic E-state index is 0.738. The first-order valence-corrected chi connectivity index (χ1v) is 4.81. The zero-order valence-electron chi connectivity index (χ0n) is 8.64. The van der Waals surface area contributed by atoms with E-state index in [-0.39, 0.29) is 0 Å². The average molecular weight is 202 g/mol. The van der Waals surface area contributed by atoms with Gasteiger partial charge in [0.25, 0.3) is 0 Å². The molecule has 0 spiro atoms. The van der Waals surface area contributed by atoms with Gasteiger partial charge in [0.05, 0.1) is 17.6 Å². The first-order chi connectivity index (χ1) is 7.25. The summed E-state index contributed by atoms with van der Waals surface area (Å²) < 4.78 is 1.78. The summed E-state index contributed by atoms with van der Waals surface area (Å²) in [5.41, 5.74) is 8.67. The second-order valence-corrected chi connectivity index (χ2v) is 3.46. The fourth-order valence-electron chi connectivity index (χ4n) is 1.42. The first-order valence-electron chi connectivity index (χ1n) is 4.81. The Balaban J connectivity index is 2.02. The van der Waals surface area contributed by atoms with E-state index in [1.165, 1.54) is 0 Å². The molecule has 1 aromatic heterocycles. The molecule has 0 atom stereocenters. The highest BCUT2D eigenvalue weighted by atomic mass is 15.2. The van der Waals surface area contributed by atoms with Gasteiger partial charge in [-0.2, -0.15) is 5.10 Å². The second kappa shape index (κ2) is 4.04. The Kier molecular flexibility index (Phi) is 2.58. The molecule has 0 aliphatic carbocycles. The molecule has 2 rings (SSSR count). The van der Waals surface area contributed by atoms with E-state index in [0.29, 0.717) is 0 Å². The highest BCUT2D eigenvalue weighted by Gasteiger charge is 1.98. The van der Waals surface area contributed by atoms with Gasteiger partial charge in [-0.05, 0) is 12.1 Å². The highest BCUT2D eigenvalue weighted by molar-refractivity contribution is 5.65. The quantitative estimate of drug-likeness (QED) is 0.743. The van der Waals surface area contributed by atoms with Crippen LogP contribution in [0.3, 0.4) is 0 Å². The number of rotatable bonds is 3. The van der Waals surface area contributed by atoms with Crippen LogP contribution in [0.15, 0.2) is 36.7 Å². The van der Waals surface area contributed by atoms with Crippen LogP contribution in [-0.4, -0.2) is 9.78 Å². The third-order valence-electron chi connectivity index (χ3n) is 2.20. The minimum atomic E-state index is 0.738. The normalized spacial score (nSPS) is 10.2. The number of nitrogens with zero attached hydrogens (tertiary/aromatic N) is 2. The molecule has 15 heavy (non-hydrogen) atoms. The number of hydrogen-bond donors (Lipinski definition) is 2. The van der Waals surface area contributed by atoms with Crippen molar-refractivity contribution in [1.82, 2.24) is 9.78 Å². The maximum atomic E-state index is 5.81. The predicted molar refractivity (Wildman–Crippen MR) is 61.4 cm³/mol. The fourth-order valence-corrected chi connectivity index (χ4v) is 1.42. The van der Waals surface area contributed by atoms with Crippen molar-refractivity contribution in [3.8, 4) is 0 Å². The third-order valence-corrected chi connectivity index (χ3v) is 2.20. The Morgan fingerprint density at radius 3 is 2.87 bits per heavy atom. The van der Waals surface area contributed by atoms with Crippen LogP contribution in [0.4, 0.5) is 11.4 Å². The Bertz CT molecular complexity index is 447. The van der Waals surface area contributed by atoms with Crippen LogP contribution in [0, 0.1) is 0 Å². The molecule has 0 aliphatic heterocycles. The number of anilines is 2. The molecule has 2 aromatic rings. The minimum Gasteiger partial charge on any atom is -0.397 e. The summed E-state index contributed by atoms with van der Waals surface area (Å²) in [6.07, 6.45) is 3.82. The molecule has 78 valence electrons. The van der Waals surface area contributed by atoms with E-state index in [1.54, 1.807) is 4.68 Å². The lowest BCUT2D eigenvalue weighted by Crippen LogP contribution is -2.01. The highest BCUT2D eigenvalue weighted by Crippen LogP contribution is 2.17. The number of hydrogen-bond acceptors (Lipinski definition) is 3. The van der Waals surface area contributed by atoms with E-state index in [1.807, 2.05) is 43.7 Å². The molecule has 0 saturated carbocycles. The average Bonchev–Trinajstić information content (AvgIpc) is 2.63. The van der Waals surface area contributed by atoms with Gasteiger partial charge in [0, 0.05) is 25.4 Å². The predicted octanol–water partition coefficient (Wildman–Crippen LogP) is 1.61. The molecule has 0 saturated heterocycles. The molecule has 0 fully saturated rings. The Hall–Kier alpha value is -1.97. The van der Waals surface area contributed by atoms with Crippen molar-refractivity contribution in [2.24, 2.45) is 7.05 Å². The summed E-state index contributed by atoms with van der Waals surface area (Å²) in [4.78, 5) is 0. The van der Waals surface area contributed by atoms with Gasteiger partial charge in [0.15, 0.2) is 0 Å². The molecule has 0 bridgehead atoms. The Morgan fingerprint density at radius 1 is 1.40 bits per heavy atom. The largest absolute Gasteiger partial charge is 0.397 e. The van der Waals surface area contributed by atoms with Gasteiger partial charge in [0.1, 0.15) is 0 Å². The van der Waals surface area contributed by atoms with Crippen molar-refractivity contribution >= 4 is 11.4 Å². The van der Waals surface area contributed by atoms with E-state index in [0.717, 1.165) is 23.5 Å². The van der Waals surface area contributed by atoms with Crippen LogP contribution < -0.4 is 11.1 Å². The third kappa shape index (κ3) is 2.28. The van der Waals surface area contributed by atoms with Crippen molar-refractivity contribution in [3.63, 3.8) is 0 Å². The number of aromatic nitrogens is 2. The topological polar surface area (TPSA) is 55.9 Å². The van der Waals surface area contributed by atoms with Crippen LogP contribution in [0.25, 0.3) is 0 Å². The number of benzene rings is 1. The van der Waals surface area contributed by atoms with Crippen molar-refractivity contribution in [2.45, 2.75) is 6.54 Å². The van der Waals surface area contributed by atoms with E-state index in [9.17, 15) is 0 Å². The summed E-state index contributed by atoms with van der Waals surface area (Å²) in [6.45, 7) is 0.738. The van der Waals surface area contributed by atoms with Crippen LogP contribution >= 0.6 is 0 Å². The SMILES string of the molecule is Cn1cc(CNc2ccccc2N)cn1. The number of nitrogens with one attached hydrogen (secondary N) is 1. The Labute approximate surface area is 88.7 Å². The maximum absolute atomic E-state index is 5.81. The summed E-state index contributed by atoms with van der Waals surface area (Å²) in [6, 6.07) is 7.73. The van der Waals surface area contributed by atoms with E-state index in [2.05, 4.69) is 10.4 Å². The summed E-state index contributed by atoms with van der Waals surface area (Å²) >= 11 is 0. The number of nitrogen functional groups attached to an aromatic ring is 1. The molecule has 3 N–H and O–H groups in total. The van der Waals surface area contributed by atoms with Crippen molar-refractivity contribution < 1.29 is 0 Å². The molecular formula is C11H14N4. The van der Waals surface area contributed by atoms with Gasteiger partial charge < -0.3 is 11.1 Å². The molecule has 4 heteroatoms. The number of nitrogens with two attached hydrogens (primary N) is 1. The fraction of sp³-hybridized carbons (Fsp3) is 0.182. The molecule has 0 unspecified atom stereocenters. The number of para-hydroxylation sites is 2. The van der Waals surface area contributed by atoms with Crippen LogP contribution in [-0.2, 0) is 13.6 Å². The standard InChI is InChI=1S/C11H14N4/c1-15-8-9(7-14-15)6-13-11-5-3-2-4-10(11)12/h2-5,7-8,13H,6,12H2,1H3. The first kappa shape index (κ1) is 9.58. The van der Waals surface area contributed by atoms with Gasteiger partial charge in [-0.1, -0.05) is 12.1 Å². The van der Waals surface area contributed by atoms with Gasteiger partial charge in [-0.3, -0.25) is 4.68 Å². The zero-order valence-corrected chi connectivity index (χ0v) is 8.64. The molecule has 1 aromatic carbocycles. The van der Waals surface area contributed by atoms with Crippen LogP contribution in [0.5, 0.6) is 0 Å². The summed E-state index contributed by atoms with van der Waals surface area (Å²) in [5, 5.41) is 7.36. The van der Waals surface area contributed by atoms with Crippen LogP contribution in [0.2, 0.25) is 0 Å². The van der Waals surface area contributed by atoms with Gasteiger partial charge >= 0.3 is 0 Å². The van der Waals surface area contributed by atoms with Gasteiger partial charge in [0.2, 0.25) is 0 Å². The Morgan fingerprint density at radius 2 is 2.20 bits per heavy atom. The lowest BCUT2D eigenvalue weighted by Gasteiger charge is -2.07. The van der Waals surface area contributed by atoms with Crippen LogP contribution in [0.1, 0.15) is 5.56 Å². The van der Waals surface area contributed by atoms with E-state index < -0.39 is 0 Å². The smallest absolute Gasteiger partial charge is 0.0576 e. The van der Waals surface area contributed by atoms with E-state index >= 15 is 0 Å². The monoisotopic (exact) mass is 202 g/mol. The molecule has 1 heterocycles. The molecule has 0 aliphatic rings. The maximum Gasteiger partial charge on any atom is 0.0576 e. The zero-order chi connectivity index (χ0) is 10.7. The van der Waals surface area contributed by atoms with Crippen molar-refractivity contribution in [2.75, 3.05) is 11.1 Å².